The number of amides is 1. The molecule has 0 bridgehead atoms. The average Bonchev–Trinajstić information content (AvgIpc) is 3.23. The van der Waals surface area contributed by atoms with Gasteiger partial charge in [0.1, 0.15) is 23.2 Å². The van der Waals surface area contributed by atoms with Crippen LogP contribution >= 0.6 is 0 Å². The van der Waals surface area contributed by atoms with Crippen molar-refractivity contribution in [3.63, 3.8) is 0 Å². The molecule has 3 heterocycles. The second kappa shape index (κ2) is 9.20. The molecule has 1 amide bonds. The van der Waals surface area contributed by atoms with E-state index < -0.39 is 35.9 Å². The standard InChI is InChI=1S/C21H16F7N5O3/c1-35-19-17(18(34)31-13-7-30-33(8-13)21(26,27)28)16(2-3-29-19)32-9-15(10-32)36-14-5-11(20(23,24)25)4-12(22)6-14/h2-8,15H,9-10H2,1H3,(H,31,34). The number of alkyl halides is 6. The van der Waals surface area contributed by atoms with Crippen molar-refractivity contribution < 1.29 is 45.0 Å². The van der Waals surface area contributed by atoms with Gasteiger partial charge in [-0.05, 0) is 18.2 Å². The molecule has 0 spiro atoms. The third kappa shape index (κ3) is 5.28. The Morgan fingerprint density at radius 3 is 2.47 bits per heavy atom. The lowest BCUT2D eigenvalue weighted by Crippen LogP contribution is -2.54. The predicted octanol–water partition coefficient (Wildman–Crippen LogP) is 4.44. The molecule has 2 aromatic heterocycles. The fourth-order valence-corrected chi connectivity index (χ4v) is 3.48. The molecular formula is C21H16F7N5O3. The van der Waals surface area contributed by atoms with E-state index in [1.807, 2.05) is 0 Å². The van der Waals surface area contributed by atoms with Gasteiger partial charge in [-0.2, -0.15) is 23.0 Å². The number of hydrogen-bond donors (Lipinski definition) is 1. The number of methoxy groups -OCH3 is 1. The number of pyridine rings is 1. The number of hydrogen-bond acceptors (Lipinski definition) is 6. The second-order valence-corrected chi connectivity index (χ2v) is 7.63. The molecule has 192 valence electrons. The number of anilines is 2. The number of carbonyl (C=O) groups is 1. The van der Waals surface area contributed by atoms with E-state index >= 15 is 0 Å². The number of ether oxygens (including phenoxy) is 2. The second-order valence-electron chi connectivity index (χ2n) is 7.63. The predicted molar refractivity (Wildman–Crippen MR) is 110 cm³/mol. The molecule has 1 aromatic carbocycles. The summed E-state index contributed by atoms with van der Waals surface area (Å²) in [6.07, 6.45) is -7.41. The summed E-state index contributed by atoms with van der Waals surface area (Å²) >= 11 is 0. The molecule has 4 rings (SSSR count). The zero-order chi connectivity index (χ0) is 26.3. The Hall–Kier alpha value is -4.04. The van der Waals surface area contributed by atoms with Gasteiger partial charge in [0.05, 0.1) is 49.5 Å². The van der Waals surface area contributed by atoms with E-state index in [0.29, 0.717) is 18.3 Å². The molecule has 0 radical (unpaired) electrons. The van der Waals surface area contributed by atoms with Crippen LogP contribution in [0.5, 0.6) is 11.6 Å². The van der Waals surface area contributed by atoms with Gasteiger partial charge in [-0.1, -0.05) is 0 Å². The van der Waals surface area contributed by atoms with Crippen LogP contribution in [0.4, 0.5) is 42.1 Å². The molecular weight excluding hydrogens is 503 g/mol. The molecule has 36 heavy (non-hydrogen) atoms. The van der Waals surface area contributed by atoms with Gasteiger partial charge in [-0.25, -0.2) is 9.37 Å². The molecule has 1 aliphatic rings. The first-order valence-electron chi connectivity index (χ1n) is 10.1. The van der Waals surface area contributed by atoms with Crippen LogP contribution in [0.1, 0.15) is 15.9 Å². The van der Waals surface area contributed by atoms with Crippen LogP contribution in [0.15, 0.2) is 42.9 Å². The van der Waals surface area contributed by atoms with Crippen molar-refractivity contribution in [3.05, 3.63) is 59.8 Å². The van der Waals surface area contributed by atoms with Crippen molar-refractivity contribution in [1.82, 2.24) is 14.8 Å². The van der Waals surface area contributed by atoms with Crippen LogP contribution in [0.25, 0.3) is 0 Å². The third-order valence-electron chi connectivity index (χ3n) is 5.10. The third-order valence-corrected chi connectivity index (χ3v) is 5.10. The van der Waals surface area contributed by atoms with Crippen LogP contribution in [-0.2, 0) is 12.5 Å². The van der Waals surface area contributed by atoms with Crippen LogP contribution in [0.3, 0.4) is 0 Å². The highest BCUT2D eigenvalue weighted by molar-refractivity contribution is 6.09. The van der Waals surface area contributed by atoms with E-state index in [1.165, 1.54) is 19.4 Å². The van der Waals surface area contributed by atoms with E-state index in [-0.39, 0.29) is 46.3 Å². The summed E-state index contributed by atoms with van der Waals surface area (Å²) in [6.45, 7) is 0.217. The fraction of sp³-hybridized carbons (Fsp3) is 0.286. The molecule has 1 saturated heterocycles. The molecule has 8 nitrogen and oxygen atoms in total. The lowest BCUT2D eigenvalue weighted by molar-refractivity contribution is -0.212. The molecule has 0 atom stereocenters. The average molecular weight is 519 g/mol. The van der Waals surface area contributed by atoms with Gasteiger partial charge in [0.2, 0.25) is 5.88 Å². The normalized spacial score (nSPS) is 14.4. The molecule has 0 saturated carbocycles. The SMILES string of the molecule is COc1nccc(N2CC(Oc3cc(F)cc(C(F)(F)F)c3)C2)c1C(=O)Nc1cnn(C(F)(F)F)c1. The maximum absolute atomic E-state index is 13.6. The smallest absolute Gasteiger partial charge is 0.487 e. The Kier molecular flexibility index (Phi) is 6.41. The van der Waals surface area contributed by atoms with E-state index in [9.17, 15) is 35.5 Å². The fourth-order valence-electron chi connectivity index (χ4n) is 3.48. The quantitative estimate of drug-likeness (QED) is 0.485. The highest BCUT2D eigenvalue weighted by atomic mass is 19.4. The van der Waals surface area contributed by atoms with Crippen molar-refractivity contribution in [2.24, 2.45) is 0 Å². The number of nitrogens with one attached hydrogen (secondary N) is 1. The first-order chi connectivity index (χ1) is 16.8. The van der Waals surface area contributed by atoms with Crippen molar-refractivity contribution in [2.45, 2.75) is 18.6 Å². The van der Waals surface area contributed by atoms with Gasteiger partial charge in [0.15, 0.2) is 0 Å². The minimum atomic E-state index is -4.77. The van der Waals surface area contributed by atoms with E-state index in [0.717, 1.165) is 12.3 Å². The Morgan fingerprint density at radius 2 is 1.86 bits per heavy atom. The van der Waals surface area contributed by atoms with Crippen molar-refractivity contribution >= 4 is 17.3 Å². The molecule has 0 aliphatic carbocycles. The van der Waals surface area contributed by atoms with Gasteiger partial charge in [0, 0.05) is 12.3 Å². The Morgan fingerprint density at radius 1 is 1.14 bits per heavy atom. The van der Waals surface area contributed by atoms with Crippen LogP contribution < -0.4 is 19.7 Å². The number of aromatic nitrogens is 3. The summed E-state index contributed by atoms with van der Waals surface area (Å²) in [7, 11) is 1.24. The van der Waals surface area contributed by atoms with Gasteiger partial charge in [-0.15, -0.1) is 13.2 Å². The number of rotatable bonds is 6. The van der Waals surface area contributed by atoms with Crippen LogP contribution in [0.2, 0.25) is 0 Å². The minimum Gasteiger partial charge on any atom is -0.487 e. The van der Waals surface area contributed by atoms with E-state index in [2.05, 4.69) is 15.4 Å². The molecule has 1 fully saturated rings. The monoisotopic (exact) mass is 519 g/mol. The maximum Gasteiger partial charge on any atom is 0.504 e. The lowest BCUT2D eigenvalue weighted by Gasteiger charge is -2.41. The summed E-state index contributed by atoms with van der Waals surface area (Å²) in [4.78, 5) is 18.5. The van der Waals surface area contributed by atoms with E-state index in [4.69, 9.17) is 9.47 Å². The van der Waals surface area contributed by atoms with Gasteiger partial charge >= 0.3 is 12.5 Å². The largest absolute Gasteiger partial charge is 0.504 e. The summed E-state index contributed by atoms with van der Waals surface area (Å²) in [5.41, 5.74) is -1.23. The van der Waals surface area contributed by atoms with Crippen molar-refractivity contribution in [3.8, 4) is 11.6 Å². The molecule has 3 aromatic rings. The van der Waals surface area contributed by atoms with Gasteiger partial charge in [0.25, 0.3) is 5.91 Å². The Balaban J connectivity index is 1.49. The topological polar surface area (TPSA) is 81.5 Å². The molecule has 0 unspecified atom stereocenters. The van der Waals surface area contributed by atoms with Crippen LogP contribution in [-0.4, -0.2) is 47.0 Å². The summed E-state index contributed by atoms with van der Waals surface area (Å²) in [5, 5.41) is 5.44. The number of halogens is 7. The zero-order valence-corrected chi connectivity index (χ0v) is 18.2. The Labute approximate surface area is 198 Å². The minimum absolute atomic E-state index is 0.0941. The van der Waals surface area contributed by atoms with Gasteiger partial charge < -0.3 is 19.7 Å². The highest BCUT2D eigenvalue weighted by Crippen LogP contribution is 2.35. The molecule has 1 N–H and O–H groups in total. The highest BCUT2D eigenvalue weighted by Gasteiger charge is 2.36. The molecule has 15 heteroatoms. The van der Waals surface area contributed by atoms with Crippen molar-refractivity contribution in [2.75, 3.05) is 30.4 Å². The molecule has 1 aliphatic heterocycles. The summed E-state index contributed by atoms with van der Waals surface area (Å²) in [5.74, 6) is -2.36. The van der Waals surface area contributed by atoms with Crippen LogP contribution in [0, 0.1) is 5.82 Å². The summed E-state index contributed by atoms with van der Waals surface area (Å²) in [6, 6.07) is 3.32. The first-order valence-corrected chi connectivity index (χ1v) is 10.1. The number of benzene rings is 1. The number of nitrogens with zero attached hydrogens (tertiary/aromatic N) is 4. The Bertz CT molecular complexity index is 1270. The first kappa shape index (κ1) is 25.1. The van der Waals surface area contributed by atoms with Gasteiger partial charge in [-0.3, -0.25) is 4.79 Å². The van der Waals surface area contributed by atoms with E-state index in [1.54, 1.807) is 4.90 Å². The van der Waals surface area contributed by atoms with Crippen molar-refractivity contribution in [1.29, 1.82) is 0 Å². The zero-order valence-electron chi connectivity index (χ0n) is 18.2. The summed E-state index contributed by atoms with van der Waals surface area (Å²) < 4.78 is 101. The number of carbonyl (C=O) groups excluding carboxylic acids is 1. The maximum atomic E-state index is 13.6. The lowest BCUT2D eigenvalue weighted by atomic mass is 10.1.